The van der Waals surface area contributed by atoms with E-state index in [1.807, 2.05) is 18.2 Å². The molecule has 0 spiro atoms. The summed E-state index contributed by atoms with van der Waals surface area (Å²) in [6.45, 7) is 2.40. The summed E-state index contributed by atoms with van der Waals surface area (Å²) >= 11 is 5.47. The fourth-order valence-corrected chi connectivity index (χ4v) is 3.91. The van der Waals surface area contributed by atoms with E-state index in [4.69, 9.17) is 12.2 Å². The Bertz CT molecular complexity index is 662. The van der Waals surface area contributed by atoms with Gasteiger partial charge in [-0.25, -0.2) is 0 Å². The number of aromatic nitrogens is 4. The second-order valence-corrected chi connectivity index (χ2v) is 5.93. The van der Waals surface area contributed by atoms with Gasteiger partial charge in [0.05, 0.1) is 6.04 Å². The van der Waals surface area contributed by atoms with Crippen molar-refractivity contribution in [1.82, 2.24) is 24.6 Å². The second-order valence-electron chi connectivity index (χ2n) is 5.54. The Kier molecular flexibility index (Phi) is 2.93. The van der Waals surface area contributed by atoms with Gasteiger partial charge >= 0.3 is 0 Å². The molecule has 2 aromatic heterocycles. The van der Waals surface area contributed by atoms with Crippen LogP contribution in [0.4, 0.5) is 0 Å². The van der Waals surface area contributed by atoms with E-state index < -0.39 is 0 Å². The maximum atomic E-state index is 5.47. The number of rotatable bonds is 2. The molecule has 2 aromatic rings. The topological polar surface area (TPSA) is 49.7 Å². The number of hydrogen-bond donors (Lipinski definition) is 1. The van der Waals surface area contributed by atoms with Crippen LogP contribution in [0.3, 0.4) is 0 Å². The summed E-state index contributed by atoms with van der Waals surface area (Å²) < 4.78 is 2.90. The molecular weight excluding hydrogens is 270 g/mol. The third kappa shape index (κ3) is 1.83. The van der Waals surface area contributed by atoms with Crippen molar-refractivity contribution in [2.24, 2.45) is 0 Å². The average molecular weight is 287 g/mol. The Morgan fingerprint density at radius 1 is 1.20 bits per heavy atom. The fraction of sp³-hybridized carbons (Fsp3) is 0.500. The lowest BCUT2D eigenvalue weighted by Gasteiger charge is -2.22. The molecule has 2 aliphatic heterocycles. The normalized spacial score (nSPS) is 26.0. The molecule has 0 saturated carbocycles. The summed E-state index contributed by atoms with van der Waals surface area (Å²) in [7, 11) is 0. The van der Waals surface area contributed by atoms with Gasteiger partial charge in [0.25, 0.3) is 0 Å². The van der Waals surface area contributed by atoms with Crippen LogP contribution in [0, 0.1) is 4.77 Å². The molecule has 0 radical (unpaired) electrons. The molecule has 2 unspecified atom stereocenters. The number of H-pyrrole nitrogens is 1. The summed E-state index contributed by atoms with van der Waals surface area (Å²) in [6, 6.07) is 6.94. The molecule has 5 nitrogen and oxygen atoms in total. The Labute approximate surface area is 122 Å². The predicted octanol–water partition coefficient (Wildman–Crippen LogP) is 2.41. The SMILES string of the molecule is S=c1[nH]nc(-c2ccccn2)n1C1CCN2CCCC12. The number of pyridine rings is 1. The summed E-state index contributed by atoms with van der Waals surface area (Å²) in [4.78, 5) is 7.00. The molecule has 2 atom stereocenters. The Morgan fingerprint density at radius 3 is 3.00 bits per heavy atom. The first-order valence-corrected chi connectivity index (χ1v) is 7.58. The van der Waals surface area contributed by atoms with Crippen molar-refractivity contribution in [3.05, 3.63) is 29.2 Å². The zero-order valence-electron chi connectivity index (χ0n) is 11.2. The number of fused-ring (bicyclic) bond motifs is 1. The molecule has 4 rings (SSSR count). The van der Waals surface area contributed by atoms with E-state index >= 15 is 0 Å². The van der Waals surface area contributed by atoms with Crippen LogP contribution in [-0.4, -0.2) is 43.8 Å². The van der Waals surface area contributed by atoms with Crippen LogP contribution in [0.15, 0.2) is 24.4 Å². The zero-order chi connectivity index (χ0) is 13.5. The van der Waals surface area contributed by atoms with Gasteiger partial charge in [-0.2, -0.15) is 5.10 Å². The van der Waals surface area contributed by atoms with Crippen molar-refractivity contribution >= 4 is 12.2 Å². The fourth-order valence-electron chi connectivity index (χ4n) is 3.65. The van der Waals surface area contributed by atoms with Crippen LogP contribution in [0.2, 0.25) is 0 Å². The highest BCUT2D eigenvalue weighted by Crippen LogP contribution is 2.37. The van der Waals surface area contributed by atoms with Crippen molar-refractivity contribution in [2.45, 2.75) is 31.3 Å². The van der Waals surface area contributed by atoms with Gasteiger partial charge in [0.2, 0.25) is 0 Å². The molecule has 6 heteroatoms. The molecule has 0 aliphatic carbocycles. The maximum Gasteiger partial charge on any atom is 0.195 e. The largest absolute Gasteiger partial charge is 0.298 e. The van der Waals surface area contributed by atoms with Crippen LogP contribution < -0.4 is 0 Å². The minimum Gasteiger partial charge on any atom is -0.298 e. The minimum atomic E-state index is 0.431. The van der Waals surface area contributed by atoms with E-state index in [1.165, 1.54) is 25.9 Å². The molecule has 2 fully saturated rings. The van der Waals surface area contributed by atoms with Gasteiger partial charge in [0.15, 0.2) is 10.6 Å². The highest BCUT2D eigenvalue weighted by atomic mass is 32.1. The predicted molar refractivity (Wildman–Crippen MR) is 78.9 cm³/mol. The summed E-state index contributed by atoms with van der Waals surface area (Å²) in [5.74, 6) is 0.870. The quantitative estimate of drug-likeness (QED) is 0.862. The number of hydrogen-bond acceptors (Lipinski definition) is 4. The zero-order valence-corrected chi connectivity index (χ0v) is 12.0. The molecule has 0 amide bonds. The molecule has 2 aliphatic rings. The van der Waals surface area contributed by atoms with E-state index in [2.05, 4.69) is 24.6 Å². The first kappa shape index (κ1) is 12.2. The monoisotopic (exact) mass is 287 g/mol. The molecule has 0 aromatic carbocycles. The smallest absolute Gasteiger partial charge is 0.195 e. The standard InChI is InChI=1S/C14H17N5S/c20-14-17-16-13(10-4-1-2-7-15-10)19(14)12-6-9-18-8-3-5-11(12)18/h1-2,4,7,11-12H,3,5-6,8-9H2,(H,17,20). The van der Waals surface area contributed by atoms with Gasteiger partial charge in [0.1, 0.15) is 5.69 Å². The molecule has 1 N–H and O–H groups in total. The van der Waals surface area contributed by atoms with E-state index in [0.717, 1.165) is 17.9 Å². The van der Waals surface area contributed by atoms with Crippen LogP contribution in [-0.2, 0) is 0 Å². The lowest BCUT2D eigenvalue weighted by Crippen LogP contribution is -2.28. The highest BCUT2D eigenvalue weighted by Gasteiger charge is 2.39. The number of nitrogens with zero attached hydrogens (tertiary/aromatic N) is 4. The van der Waals surface area contributed by atoms with Crippen molar-refractivity contribution < 1.29 is 0 Å². The summed E-state index contributed by atoms with van der Waals surface area (Å²) in [6.07, 6.45) is 5.51. The van der Waals surface area contributed by atoms with E-state index in [-0.39, 0.29) is 0 Å². The molecule has 4 heterocycles. The van der Waals surface area contributed by atoms with E-state index in [9.17, 15) is 0 Å². The van der Waals surface area contributed by atoms with Gasteiger partial charge in [-0.15, -0.1) is 0 Å². The lowest BCUT2D eigenvalue weighted by atomic mass is 10.1. The summed E-state index contributed by atoms with van der Waals surface area (Å²) in [5, 5.41) is 7.36. The Balaban J connectivity index is 1.79. The van der Waals surface area contributed by atoms with Crippen LogP contribution in [0.5, 0.6) is 0 Å². The van der Waals surface area contributed by atoms with Crippen LogP contribution in [0.1, 0.15) is 25.3 Å². The minimum absolute atomic E-state index is 0.431. The third-order valence-electron chi connectivity index (χ3n) is 4.50. The number of nitrogens with one attached hydrogen (secondary N) is 1. The van der Waals surface area contributed by atoms with Crippen LogP contribution in [0.25, 0.3) is 11.5 Å². The molecule has 20 heavy (non-hydrogen) atoms. The molecule has 104 valence electrons. The van der Waals surface area contributed by atoms with Gasteiger partial charge in [0, 0.05) is 18.8 Å². The first-order valence-electron chi connectivity index (χ1n) is 7.17. The average Bonchev–Trinajstić information content (AvgIpc) is 3.15. The molecule has 2 saturated heterocycles. The van der Waals surface area contributed by atoms with E-state index in [1.54, 1.807) is 6.20 Å². The number of aromatic amines is 1. The van der Waals surface area contributed by atoms with Crippen molar-refractivity contribution in [3.8, 4) is 11.5 Å². The molecule has 0 bridgehead atoms. The second kappa shape index (κ2) is 4.79. The van der Waals surface area contributed by atoms with Gasteiger partial charge in [-0.1, -0.05) is 6.07 Å². The van der Waals surface area contributed by atoms with E-state index in [0.29, 0.717) is 16.9 Å². The van der Waals surface area contributed by atoms with Crippen LogP contribution >= 0.6 is 12.2 Å². The highest BCUT2D eigenvalue weighted by molar-refractivity contribution is 7.71. The lowest BCUT2D eigenvalue weighted by molar-refractivity contribution is 0.290. The van der Waals surface area contributed by atoms with Crippen molar-refractivity contribution in [3.63, 3.8) is 0 Å². The Morgan fingerprint density at radius 2 is 2.15 bits per heavy atom. The van der Waals surface area contributed by atoms with Crippen molar-refractivity contribution in [2.75, 3.05) is 13.1 Å². The maximum absolute atomic E-state index is 5.47. The van der Waals surface area contributed by atoms with Gasteiger partial charge in [-0.3, -0.25) is 19.5 Å². The first-order chi connectivity index (χ1) is 9.84. The van der Waals surface area contributed by atoms with Gasteiger partial charge in [-0.05, 0) is 50.2 Å². The van der Waals surface area contributed by atoms with Crippen molar-refractivity contribution in [1.29, 1.82) is 0 Å². The van der Waals surface area contributed by atoms with Gasteiger partial charge < -0.3 is 0 Å². The third-order valence-corrected chi connectivity index (χ3v) is 4.79. The summed E-state index contributed by atoms with van der Waals surface area (Å²) in [5.41, 5.74) is 0.885. The molecular formula is C14H17N5S. The Hall–Kier alpha value is -1.53.